The van der Waals surface area contributed by atoms with Gasteiger partial charge in [0, 0.05) is 30.1 Å². The van der Waals surface area contributed by atoms with Crippen molar-refractivity contribution in [2.45, 2.75) is 19.0 Å². The molecule has 1 aliphatic heterocycles. The molecule has 2 N–H and O–H groups in total. The van der Waals surface area contributed by atoms with Gasteiger partial charge in [0.1, 0.15) is 5.82 Å². The van der Waals surface area contributed by atoms with E-state index in [1.165, 1.54) is 10.4 Å². The van der Waals surface area contributed by atoms with E-state index in [1.807, 2.05) is 0 Å². The molecule has 106 valence electrons. The first-order valence-corrected chi connectivity index (χ1v) is 7.89. The normalized spacial score (nSPS) is 16.9. The number of nitrogens with zero attached hydrogens (tertiary/aromatic N) is 1. The molecule has 2 heterocycles. The van der Waals surface area contributed by atoms with Gasteiger partial charge < -0.3 is 5.73 Å². The molecule has 0 bridgehead atoms. The molecule has 2 nitrogen and oxygen atoms in total. The Morgan fingerprint density at radius 2 is 2.25 bits per heavy atom. The van der Waals surface area contributed by atoms with Gasteiger partial charge in [-0.2, -0.15) is 0 Å². The molecule has 2 aromatic rings. The molecule has 0 saturated carbocycles. The molecule has 1 aromatic carbocycles. The summed E-state index contributed by atoms with van der Waals surface area (Å²) in [7, 11) is 0. The molecular weight excluding hydrogens is 295 g/mol. The van der Waals surface area contributed by atoms with Crippen molar-refractivity contribution in [3.8, 4) is 0 Å². The van der Waals surface area contributed by atoms with Crippen molar-refractivity contribution < 1.29 is 4.39 Å². The maximum Gasteiger partial charge on any atom is 0.146 e. The van der Waals surface area contributed by atoms with E-state index >= 15 is 0 Å². The number of fused-ring (bicyclic) bond motifs is 1. The number of benzene rings is 1. The molecule has 0 amide bonds. The summed E-state index contributed by atoms with van der Waals surface area (Å²) in [6.07, 6.45) is 1.01. The van der Waals surface area contributed by atoms with Gasteiger partial charge in [-0.1, -0.05) is 23.7 Å². The summed E-state index contributed by atoms with van der Waals surface area (Å²) in [4.78, 5) is 3.67. The lowest BCUT2D eigenvalue weighted by molar-refractivity contribution is 0.181. The van der Waals surface area contributed by atoms with Crippen LogP contribution in [0.5, 0.6) is 0 Å². The Morgan fingerprint density at radius 3 is 3.05 bits per heavy atom. The number of hydrogen-bond donors (Lipinski definition) is 1. The molecule has 0 saturated heterocycles. The zero-order valence-electron chi connectivity index (χ0n) is 11.0. The van der Waals surface area contributed by atoms with Crippen LogP contribution < -0.4 is 5.73 Å². The molecule has 1 atom stereocenters. The Morgan fingerprint density at radius 1 is 1.40 bits per heavy atom. The molecule has 3 rings (SSSR count). The third-order valence-electron chi connectivity index (χ3n) is 3.84. The van der Waals surface area contributed by atoms with Gasteiger partial charge in [0.2, 0.25) is 0 Å². The van der Waals surface area contributed by atoms with Crippen molar-refractivity contribution in [3.05, 3.63) is 56.5 Å². The van der Waals surface area contributed by atoms with Crippen LogP contribution in [0.4, 0.5) is 4.39 Å². The summed E-state index contributed by atoms with van der Waals surface area (Å²) in [6, 6.07) is 7.15. The van der Waals surface area contributed by atoms with Crippen LogP contribution in [0.2, 0.25) is 5.02 Å². The molecule has 1 aromatic heterocycles. The Labute approximate surface area is 127 Å². The number of rotatable bonds is 3. The van der Waals surface area contributed by atoms with Crippen LogP contribution in [0, 0.1) is 5.82 Å². The summed E-state index contributed by atoms with van der Waals surface area (Å²) < 4.78 is 14.2. The van der Waals surface area contributed by atoms with E-state index < -0.39 is 0 Å². The summed E-state index contributed by atoms with van der Waals surface area (Å²) in [5.74, 6) is -0.347. The van der Waals surface area contributed by atoms with Crippen LogP contribution in [-0.2, 0) is 13.0 Å². The lowest BCUT2D eigenvalue weighted by Gasteiger charge is -2.34. The molecule has 20 heavy (non-hydrogen) atoms. The number of thiophene rings is 1. The highest BCUT2D eigenvalue weighted by atomic mass is 35.5. The second kappa shape index (κ2) is 5.82. The van der Waals surface area contributed by atoms with E-state index in [2.05, 4.69) is 16.3 Å². The first-order chi connectivity index (χ1) is 9.70. The first kappa shape index (κ1) is 14.0. The van der Waals surface area contributed by atoms with Gasteiger partial charge >= 0.3 is 0 Å². The van der Waals surface area contributed by atoms with Gasteiger partial charge in [-0.05, 0) is 29.5 Å². The van der Waals surface area contributed by atoms with Crippen LogP contribution in [-0.4, -0.2) is 18.0 Å². The summed E-state index contributed by atoms with van der Waals surface area (Å²) >= 11 is 7.68. The van der Waals surface area contributed by atoms with Crippen molar-refractivity contribution in [2.75, 3.05) is 13.1 Å². The minimum atomic E-state index is -0.347. The van der Waals surface area contributed by atoms with E-state index in [4.69, 9.17) is 17.3 Å². The van der Waals surface area contributed by atoms with Crippen molar-refractivity contribution in [2.24, 2.45) is 5.73 Å². The van der Waals surface area contributed by atoms with E-state index in [0.29, 0.717) is 12.1 Å². The third-order valence-corrected chi connectivity index (χ3v) is 5.16. The fourth-order valence-electron chi connectivity index (χ4n) is 2.79. The van der Waals surface area contributed by atoms with Gasteiger partial charge in [-0.3, -0.25) is 4.90 Å². The fourth-order valence-corrected chi connectivity index (χ4v) is 3.86. The smallest absolute Gasteiger partial charge is 0.146 e. The maximum atomic E-state index is 14.2. The van der Waals surface area contributed by atoms with Crippen LogP contribution in [0.25, 0.3) is 0 Å². The highest BCUT2D eigenvalue weighted by Gasteiger charge is 2.26. The van der Waals surface area contributed by atoms with Crippen LogP contribution in [0.15, 0.2) is 29.6 Å². The van der Waals surface area contributed by atoms with Crippen molar-refractivity contribution >= 4 is 22.9 Å². The summed E-state index contributed by atoms with van der Waals surface area (Å²) in [5, 5.41) is 2.28. The van der Waals surface area contributed by atoms with E-state index in [-0.39, 0.29) is 16.9 Å². The van der Waals surface area contributed by atoms with E-state index in [0.717, 1.165) is 19.5 Å². The van der Waals surface area contributed by atoms with Crippen LogP contribution in [0.3, 0.4) is 0 Å². The van der Waals surface area contributed by atoms with Gasteiger partial charge in [-0.25, -0.2) is 4.39 Å². The second-order valence-electron chi connectivity index (χ2n) is 4.98. The van der Waals surface area contributed by atoms with Crippen molar-refractivity contribution in [1.82, 2.24) is 4.90 Å². The first-order valence-electron chi connectivity index (χ1n) is 6.64. The quantitative estimate of drug-likeness (QED) is 0.938. The minimum absolute atomic E-state index is 0.123. The van der Waals surface area contributed by atoms with Crippen LogP contribution in [0.1, 0.15) is 22.0 Å². The molecular formula is C15H16ClFN2S. The SMILES string of the molecule is NCC(c1cccc(Cl)c1F)N1CCc2sccc2C1. The topological polar surface area (TPSA) is 29.3 Å². The number of halogens is 2. The average molecular weight is 311 g/mol. The standard InChI is InChI=1S/C15H16ClFN2S/c16-12-3-1-2-11(15(12)17)13(8-18)19-6-4-14-10(9-19)5-7-20-14/h1-3,5,7,13H,4,6,8-9,18H2. The number of hydrogen-bond acceptors (Lipinski definition) is 3. The van der Waals surface area contributed by atoms with E-state index in [9.17, 15) is 4.39 Å². The summed E-state index contributed by atoms with van der Waals surface area (Å²) in [5.41, 5.74) is 7.83. The Hall–Kier alpha value is -0.940. The Balaban J connectivity index is 1.89. The van der Waals surface area contributed by atoms with Gasteiger partial charge in [0.05, 0.1) is 11.1 Å². The third kappa shape index (κ3) is 2.49. The molecule has 0 radical (unpaired) electrons. The fraction of sp³-hybridized carbons (Fsp3) is 0.333. The zero-order chi connectivity index (χ0) is 14.1. The Kier molecular flexibility index (Phi) is 4.08. The molecule has 1 aliphatic rings. The lowest BCUT2D eigenvalue weighted by Crippen LogP contribution is -2.37. The molecule has 0 spiro atoms. The molecule has 5 heteroatoms. The summed E-state index contributed by atoms with van der Waals surface area (Å²) in [6.45, 7) is 2.12. The lowest BCUT2D eigenvalue weighted by atomic mass is 10.0. The second-order valence-corrected chi connectivity index (χ2v) is 6.39. The highest BCUT2D eigenvalue weighted by molar-refractivity contribution is 7.10. The molecule has 1 unspecified atom stereocenters. The predicted molar refractivity (Wildman–Crippen MR) is 81.6 cm³/mol. The van der Waals surface area contributed by atoms with Gasteiger partial charge in [-0.15, -0.1) is 11.3 Å². The monoisotopic (exact) mass is 310 g/mol. The zero-order valence-corrected chi connectivity index (χ0v) is 12.6. The van der Waals surface area contributed by atoms with E-state index in [1.54, 1.807) is 29.5 Å². The predicted octanol–water partition coefficient (Wildman–Crippen LogP) is 3.60. The molecule has 0 aliphatic carbocycles. The maximum absolute atomic E-state index is 14.2. The van der Waals surface area contributed by atoms with Gasteiger partial charge in [0.15, 0.2) is 0 Å². The minimum Gasteiger partial charge on any atom is -0.329 e. The molecule has 0 fully saturated rings. The largest absolute Gasteiger partial charge is 0.329 e. The highest BCUT2D eigenvalue weighted by Crippen LogP contribution is 2.32. The van der Waals surface area contributed by atoms with Crippen molar-refractivity contribution in [1.29, 1.82) is 0 Å². The van der Waals surface area contributed by atoms with Crippen molar-refractivity contribution in [3.63, 3.8) is 0 Å². The number of nitrogens with two attached hydrogens (primary N) is 1. The van der Waals surface area contributed by atoms with Gasteiger partial charge in [0.25, 0.3) is 0 Å². The van der Waals surface area contributed by atoms with Crippen LogP contribution >= 0.6 is 22.9 Å². The Bertz CT molecular complexity index is 614. The average Bonchev–Trinajstić information content (AvgIpc) is 2.92.